The Kier molecular flexibility index (Phi) is 13.3. The van der Waals surface area contributed by atoms with Crippen molar-refractivity contribution < 1.29 is 52.3 Å². The van der Waals surface area contributed by atoms with Crippen LogP contribution >= 0.6 is 11.6 Å². The predicted molar refractivity (Wildman–Crippen MR) is 197 cm³/mol. The van der Waals surface area contributed by atoms with Crippen molar-refractivity contribution >= 4 is 41.2 Å². The van der Waals surface area contributed by atoms with Gasteiger partial charge in [-0.3, -0.25) is 14.9 Å². The molecule has 294 valence electrons. The molecule has 0 saturated carbocycles. The Labute approximate surface area is 317 Å². The number of carbonyl (C=O) groups excluding carboxylic acids is 4. The minimum absolute atomic E-state index is 0.175. The maximum atomic E-state index is 14.2. The number of hydrogen-bond acceptors (Lipinski definition) is 11. The number of carbonyl (C=O) groups is 4. The van der Waals surface area contributed by atoms with E-state index in [2.05, 4.69) is 5.32 Å². The van der Waals surface area contributed by atoms with E-state index in [0.717, 1.165) is 5.57 Å². The number of benzene rings is 1. The lowest BCUT2D eigenvalue weighted by atomic mass is 9.83. The largest absolute Gasteiger partial charge is 0.495 e. The first-order chi connectivity index (χ1) is 24.9. The maximum Gasteiger partial charge on any atom is 0.409 e. The molecule has 3 amide bonds. The molecule has 9 atom stereocenters. The lowest BCUT2D eigenvalue weighted by Gasteiger charge is -2.44. The molecule has 15 heteroatoms. The van der Waals surface area contributed by atoms with E-state index in [1.165, 1.54) is 38.2 Å². The number of nitrogens with one attached hydrogen (secondary N) is 1. The molecular weight excluding hydrogens is 710 g/mol. The highest BCUT2D eigenvalue weighted by Gasteiger charge is 2.64. The molecule has 53 heavy (non-hydrogen) atoms. The first-order valence-corrected chi connectivity index (χ1v) is 18.0. The molecule has 1 N–H and O–H groups in total. The Morgan fingerprint density at radius 2 is 1.79 bits per heavy atom. The summed E-state index contributed by atoms with van der Waals surface area (Å²) < 4.78 is 41.6. The Balaban J connectivity index is 1.85. The van der Waals surface area contributed by atoms with Gasteiger partial charge in [-0.15, -0.1) is 0 Å². The van der Waals surface area contributed by atoms with Crippen LogP contribution in [0.2, 0.25) is 5.02 Å². The Morgan fingerprint density at radius 1 is 1.11 bits per heavy atom. The van der Waals surface area contributed by atoms with E-state index in [0.29, 0.717) is 17.0 Å². The highest BCUT2D eigenvalue weighted by molar-refractivity contribution is 6.35. The highest BCUT2D eigenvalue weighted by atomic mass is 35.5. The van der Waals surface area contributed by atoms with Gasteiger partial charge in [0.05, 0.1) is 25.3 Å². The number of anilines is 1. The summed E-state index contributed by atoms with van der Waals surface area (Å²) in [6, 6.07) is 2.52. The zero-order chi connectivity index (χ0) is 39.6. The molecule has 0 aromatic heterocycles. The second-order valence-electron chi connectivity index (χ2n) is 14.4. The summed E-state index contributed by atoms with van der Waals surface area (Å²) in [5.41, 5.74) is -0.714. The number of halogens is 1. The molecule has 4 rings (SSSR count). The molecular formula is C38H54ClN3O11. The van der Waals surface area contributed by atoms with Crippen LogP contribution in [0.25, 0.3) is 0 Å². The van der Waals surface area contributed by atoms with Crippen molar-refractivity contribution in [1.29, 1.82) is 0 Å². The number of nitrogens with zero attached hydrogens (tertiary/aromatic N) is 2. The average molecular weight is 764 g/mol. The summed E-state index contributed by atoms with van der Waals surface area (Å²) in [4.78, 5) is 56.5. The summed E-state index contributed by atoms with van der Waals surface area (Å²) in [7, 11) is 9.13. The predicted octanol–water partition coefficient (Wildman–Crippen LogP) is 4.97. The molecule has 9 unspecified atom stereocenters. The summed E-state index contributed by atoms with van der Waals surface area (Å²) in [5.74, 6) is -1.89. The van der Waals surface area contributed by atoms with Crippen molar-refractivity contribution in [2.45, 2.75) is 102 Å². The first kappa shape index (κ1) is 42.1. The third-order valence-electron chi connectivity index (χ3n) is 10.7. The van der Waals surface area contributed by atoms with Gasteiger partial charge in [-0.1, -0.05) is 50.6 Å². The topological polar surface area (TPSA) is 155 Å². The SMILES string of the molecule is COc1cc2cc(c1Cl)N(C)C(=O)CC(OC(=O)C(C)N(C)C(=O)C(C)C)C1(C)OC1C(C)C1CC(OC)(NC(=O)O1)C(OC)/C=C/C=C(C)C2OC. The fourth-order valence-corrected chi connectivity index (χ4v) is 7.44. The number of alkyl carbamates (subject to hydrolysis) is 1. The van der Waals surface area contributed by atoms with Gasteiger partial charge in [0.25, 0.3) is 0 Å². The van der Waals surface area contributed by atoms with Gasteiger partial charge in [-0.25, -0.2) is 9.59 Å². The van der Waals surface area contributed by atoms with E-state index < -0.39 is 71.8 Å². The number of hydrogen-bond donors (Lipinski definition) is 1. The molecule has 0 aliphatic carbocycles. The van der Waals surface area contributed by atoms with Crippen LogP contribution in [0.5, 0.6) is 5.75 Å². The molecule has 3 aliphatic rings. The van der Waals surface area contributed by atoms with Crippen molar-refractivity contribution in [3.05, 3.63) is 46.5 Å². The number of likely N-dealkylation sites (N-methyl/N-ethyl adjacent to an activating group) is 1. The lowest BCUT2D eigenvalue weighted by Crippen LogP contribution is -2.64. The van der Waals surface area contributed by atoms with Crippen LogP contribution < -0.4 is 15.0 Å². The standard InChI is InChI=1S/C38H54ClN3O11/c1-20(2)34(44)41(7)23(5)35(45)52-29-18-30(43)42(8)25-16-24(17-26(47-9)31(25)39)32(49-11)21(3)14-13-15-28(48-10)38(50-12)19-27(51-36(46)40-38)22(4)33-37(29,6)53-33/h13-17,20,22-23,27-29,32-33H,18-19H2,1-12H3,(H,40,46)/b15-13+,21-14?. The summed E-state index contributed by atoms with van der Waals surface area (Å²) >= 11 is 6.81. The third-order valence-corrected chi connectivity index (χ3v) is 11.1. The molecule has 1 aromatic rings. The monoisotopic (exact) mass is 763 g/mol. The van der Waals surface area contributed by atoms with Crippen LogP contribution in [-0.4, -0.2) is 113 Å². The number of rotatable bonds is 8. The number of esters is 1. The summed E-state index contributed by atoms with van der Waals surface area (Å²) in [6.07, 6.45) is 0.782. The van der Waals surface area contributed by atoms with Gasteiger partial charge >= 0.3 is 12.1 Å². The zero-order valence-corrected chi connectivity index (χ0v) is 33.4. The van der Waals surface area contributed by atoms with Gasteiger partial charge < -0.3 is 43.0 Å². The number of epoxide rings is 1. The molecule has 3 heterocycles. The van der Waals surface area contributed by atoms with Gasteiger partial charge in [-0.05, 0) is 44.0 Å². The van der Waals surface area contributed by atoms with E-state index in [1.54, 1.807) is 66.1 Å². The normalized spacial score (nSPS) is 31.7. The van der Waals surface area contributed by atoms with Gasteiger partial charge in [0, 0.05) is 53.7 Å². The first-order valence-electron chi connectivity index (χ1n) is 17.6. The fraction of sp³-hybridized carbons (Fsp3) is 0.632. The van der Waals surface area contributed by atoms with E-state index in [1.807, 2.05) is 19.9 Å². The van der Waals surface area contributed by atoms with Crippen molar-refractivity contribution in [2.24, 2.45) is 11.8 Å². The van der Waals surface area contributed by atoms with E-state index in [-0.39, 0.29) is 29.7 Å². The van der Waals surface area contributed by atoms with E-state index >= 15 is 0 Å². The lowest BCUT2D eigenvalue weighted by molar-refractivity contribution is -0.162. The second kappa shape index (κ2) is 16.8. The number of fused-ring (bicyclic) bond motifs is 5. The third kappa shape index (κ3) is 8.51. The van der Waals surface area contributed by atoms with Crippen molar-refractivity contribution in [2.75, 3.05) is 47.4 Å². The van der Waals surface area contributed by atoms with E-state index in [9.17, 15) is 19.2 Å². The fourth-order valence-electron chi connectivity index (χ4n) is 7.12. The van der Waals surface area contributed by atoms with Gasteiger partial charge in [0.15, 0.2) is 5.72 Å². The van der Waals surface area contributed by atoms with Crippen LogP contribution in [-0.2, 0) is 42.8 Å². The quantitative estimate of drug-likeness (QED) is 0.282. The van der Waals surface area contributed by atoms with Crippen molar-refractivity contribution in [1.82, 2.24) is 10.2 Å². The molecule has 4 bridgehead atoms. The van der Waals surface area contributed by atoms with Crippen molar-refractivity contribution in [3.8, 4) is 5.75 Å². The Bertz CT molecular complexity index is 1620. The number of allylic oxidation sites excluding steroid dienone is 2. The Hall–Kier alpha value is -3.69. The van der Waals surface area contributed by atoms with Gasteiger partial charge in [0.1, 0.15) is 46.8 Å². The molecule has 0 spiro atoms. The zero-order valence-electron chi connectivity index (χ0n) is 32.7. The van der Waals surface area contributed by atoms with E-state index in [4.69, 9.17) is 44.8 Å². The molecule has 2 saturated heterocycles. The highest BCUT2D eigenvalue weighted by Crippen LogP contribution is 2.49. The van der Waals surface area contributed by atoms with Crippen LogP contribution in [0.4, 0.5) is 10.5 Å². The van der Waals surface area contributed by atoms with Crippen molar-refractivity contribution in [3.63, 3.8) is 0 Å². The summed E-state index contributed by atoms with van der Waals surface area (Å²) in [6.45, 7) is 10.5. The smallest absolute Gasteiger partial charge is 0.409 e. The second-order valence-corrected chi connectivity index (χ2v) is 14.8. The molecule has 14 nitrogen and oxygen atoms in total. The molecule has 0 radical (unpaired) electrons. The molecule has 2 fully saturated rings. The van der Waals surface area contributed by atoms with Crippen LogP contribution in [0.15, 0.2) is 35.9 Å². The number of ether oxygens (including phenoxy) is 7. The Morgan fingerprint density at radius 3 is 2.38 bits per heavy atom. The maximum absolute atomic E-state index is 14.2. The number of amides is 3. The molecule has 1 aromatic carbocycles. The van der Waals surface area contributed by atoms with Crippen LogP contribution in [0.3, 0.4) is 0 Å². The van der Waals surface area contributed by atoms with Gasteiger partial charge in [-0.2, -0.15) is 0 Å². The minimum atomic E-state index is -1.32. The van der Waals surface area contributed by atoms with Crippen LogP contribution in [0, 0.1) is 11.8 Å². The van der Waals surface area contributed by atoms with Crippen LogP contribution in [0.1, 0.15) is 66.1 Å². The average Bonchev–Trinajstić information content (AvgIpc) is 3.83. The number of methoxy groups -OCH3 is 4. The molecule has 3 aliphatic heterocycles. The minimum Gasteiger partial charge on any atom is -0.495 e. The van der Waals surface area contributed by atoms with Gasteiger partial charge in [0.2, 0.25) is 11.8 Å². The summed E-state index contributed by atoms with van der Waals surface area (Å²) in [5, 5.41) is 3.01.